The summed E-state index contributed by atoms with van der Waals surface area (Å²) >= 11 is 5.93. The molecule has 1 aromatic carbocycles. The zero-order valence-corrected chi connectivity index (χ0v) is 11.8. The van der Waals surface area contributed by atoms with Crippen LogP contribution in [0.3, 0.4) is 0 Å². The second kappa shape index (κ2) is 4.90. The maximum atomic E-state index is 11.7. The van der Waals surface area contributed by atoms with Crippen LogP contribution in [0.1, 0.15) is 25.7 Å². The lowest BCUT2D eigenvalue weighted by Crippen LogP contribution is -1.98. The van der Waals surface area contributed by atoms with Crippen molar-refractivity contribution in [1.82, 2.24) is 4.98 Å². The van der Waals surface area contributed by atoms with Crippen molar-refractivity contribution >= 4 is 32.5 Å². The lowest BCUT2D eigenvalue weighted by atomic mass is 10.2. The first-order valence-corrected chi connectivity index (χ1v) is 7.98. The van der Waals surface area contributed by atoms with Gasteiger partial charge >= 0.3 is 0 Å². The van der Waals surface area contributed by atoms with E-state index < -0.39 is 9.84 Å². The van der Waals surface area contributed by atoms with E-state index in [9.17, 15) is 8.42 Å². The fourth-order valence-corrected chi connectivity index (χ4v) is 3.24. The van der Waals surface area contributed by atoms with E-state index in [0.717, 1.165) is 19.1 Å². The number of sulfone groups is 1. The Hall–Kier alpha value is -1.07. The Balaban J connectivity index is 2.62. The van der Waals surface area contributed by atoms with Gasteiger partial charge in [-0.3, -0.25) is 0 Å². The van der Waals surface area contributed by atoms with Crippen LogP contribution < -0.4 is 0 Å². The van der Waals surface area contributed by atoms with Gasteiger partial charge < -0.3 is 4.42 Å². The van der Waals surface area contributed by atoms with E-state index in [2.05, 4.69) is 11.9 Å². The predicted molar refractivity (Wildman–Crippen MR) is 70.7 cm³/mol. The molecule has 4 nitrogen and oxygen atoms in total. The van der Waals surface area contributed by atoms with Gasteiger partial charge in [-0.15, -0.1) is 0 Å². The summed E-state index contributed by atoms with van der Waals surface area (Å²) in [5, 5.41) is 0.170. The lowest BCUT2D eigenvalue weighted by molar-refractivity contribution is 0.512. The first kappa shape index (κ1) is 13.4. The summed E-state index contributed by atoms with van der Waals surface area (Å²) in [6.45, 7) is 2.07. The number of aromatic nitrogens is 1. The van der Waals surface area contributed by atoms with E-state index in [1.165, 1.54) is 6.07 Å². The molecule has 1 aromatic heterocycles. The Bertz CT molecular complexity index is 676. The molecule has 2 rings (SSSR count). The summed E-state index contributed by atoms with van der Waals surface area (Å²) in [5.74, 6) is 0.555. The fourth-order valence-electron chi connectivity index (χ4n) is 1.77. The summed E-state index contributed by atoms with van der Waals surface area (Å²) in [5.41, 5.74) is 0.794. The topological polar surface area (TPSA) is 60.2 Å². The highest BCUT2D eigenvalue weighted by atomic mass is 35.5. The average Bonchev–Trinajstić information content (AvgIpc) is 2.66. The van der Waals surface area contributed by atoms with Crippen LogP contribution in [-0.4, -0.2) is 19.7 Å². The molecule has 2 aromatic rings. The third kappa shape index (κ3) is 2.52. The van der Waals surface area contributed by atoms with Crippen molar-refractivity contribution in [3.63, 3.8) is 0 Å². The molecule has 0 N–H and O–H groups in total. The number of unbranched alkanes of at least 4 members (excludes halogenated alkanes) is 1. The minimum Gasteiger partial charge on any atom is -0.439 e. The summed E-state index contributed by atoms with van der Waals surface area (Å²) < 4.78 is 29.0. The summed E-state index contributed by atoms with van der Waals surface area (Å²) in [6.07, 6.45) is 3.79. The van der Waals surface area contributed by atoms with Crippen LogP contribution in [0.15, 0.2) is 21.4 Å². The van der Waals surface area contributed by atoms with Crippen LogP contribution in [0.2, 0.25) is 5.02 Å². The standard InChI is InChI=1S/C12H14ClNO3S/c1-3-4-5-10-14-9-7-6-8(13)12(11(9)17-10)18(2,15)16/h6-7H,3-5H2,1-2H3. The second-order valence-electron chi connectivity index (χ2n) is 4.21. The maximum absolute atomic E-state index is 11.7. The van der Waals surface area contributed by atoms with Crippen molar-refractivity contribution in [3.8, 4) is 0 Å². The molecule has 0 fully saturated rings. The van der Waals surface area contributed by atoms with Gasteiger partial charge in [0, 0.05) is 12.7 Å². The van der Waals surface area contributed by atoms with Crippen molar-refractivity contribution < 1.29 is 12.8 Å². The number of hydrogen-bond donors (Lipinski definition) is 0. The number of rotatable bonds is 4. The van der Waals surface area contributed by atoms with Gasteiger partial charge in [-0.1, -0.05) is 24.9 Å². The minimum absolute atomic E-state index is 0.0249. The van der Waals surface area contributed by atoms with Crippen molar-refractivity contribution in [3.05, 3.63) is 23.0 Å². The molecule has 0 amide bonds. The Morgan fingerprint density at radius 1 is 1.39 bits per heavy atom. The van der Waals surface area contributed by atoms with Crippen LogP contribution >= 0.6 is 11.6 Å². The number of halogens is 1. The summed E-state index contributed by atoms with van der Waals surface area (Å²) in [7, 11) is -3.43. The molecule has 0 saturated carbocycles. The first-order valence-electron chi connectivity index (χ1n) is 5.71. The monoisotopic (exact) mass is 287 g/mol. The molecule has 6 heteroatoms. The minimum atomic E-state index is -3.43. The highest BCUT2D eigenvalue weighted by molar-refractivity contribution is 7.91. The Labute approximate surface area is 111 Å². The summed E-state index contributed by atoms with van der Waals surface area (Å²) in [6, 6.07) is 3.21. The molecule has 0 spiro atoms. The lowest BCUT2D eigenvalue weighted by Gasteiger charge is -2.00. The molecule has 0 aliphatic heterocycles. The van der Waals surface area contributed by atoms with Gasteiger partial charge in [0.15, 0.2) is 21.3 Å². The number of nitrogens with zero attached hydrogens (tertiary/aromatic N) is 1. The summed E-state index contributed by atoms with van der Waals surface area (Å²) in [4.78, 5) is 4.30. The predicted octanol–water partition coefficient (Wildman–Crippen LogP) is 3.23. The largest absolute Gasteiger partial charge is 0.439 e. The van der Waals surface area contributed by atoms with Gasteiger partial charge in [0.2, 0.25) is 0 Å². The Morgan fingerprint density at radius 2 is 2.11 bits per heavy atom. The zero-order chi connectivity index (χ0) is 13.3. The number of hydrogen-bond acceptors (Lipinski definition) is 4. The molecule has 0 aliphatic carbocycles. The van der Waals surface area contributed by atoms with Gasteiger partial charge in [-0.05, 0) is 18.6 Å². The van der Waals surface area contributed by atoms with Crippen LogP contribution in [0.25, 0.3) is 11.1 Å². The van der Waals surface area contributed by atoms with E-state index in [1.54, 1.807) is 6.07 Å². The SMILES string of the molecule is CCCCc1nc2ccc(Cl)c(S(C)(=O)=O)c2o1. The van der Waals surface area contributed by atoms with Crippen molar-refractivity contribution in [1.29, 1.82) is 0 Å². The Morgan fingerprint density at radius 3 is 2.72 bits per heavy atom. The van der Waals surface area contributed by atoms with E-state index in [1.807, 2.05) is 0 Å². The van der Waals surface area contributed by atoms with Gasteiger partial charge in [0.25, 0.3) is 0 Å². The third-order valence-electron chi connectivity index (χ3n) is 2.62. The van der Waals surface area contributed by atoms with Crippen LogP contribution in [0.5, 0.6) is 0 Å². The molecule has 1 heterocycles. The van der Waals surface area contributed by atoms with Crippen molar-refractivity contribution in [2.24, 2.45) is 0 Å². The van der Waals surface area contributed by atoms with Crippen molar-refractivity contribution in [2.75, 3.05) is 6.26 Å². The molecule has 98 valence electrons. The van der Waals surface area contributed by atoms with Crippen molar-refractivity contribution in [2.45, 2.75) is 31.1 Å². The van der Waals surface area contributed by atoms with Gasteiger partial charge in [-0.2, -0.15) is 0 Å². The van der Waals surface area contributed by atoms with E-state index in [0.29, 0.717) is 17.8 Å². The van der Waals surface area contributed by atoms with Crippen LogP contribution in [0.4, 0.5) is 0 Å². The number of oxazole rings is 1. The van der Waals surface area contributed by atoms with E-state index >= 15 is 0 Å². The fraction of sp³-hybridized carbons (Fsp3) is 0.417. The molecule has 0 saturated heterocycles. The second-order valence-corrected chi connectivity index (χ2v) is 6.57. The van der Waals surface area contributed by atoms with E-state index in [4.69, 9.17) is 16.0 Å². The highest BCUT2D eigenvalue weighted by Gasteiger charge is 2.20. The molecule has 18 heavy (non-hydrogen) atoms. The Kier molecular flexibility index (Phi) is 3.64. The molecular weight excluding hydrogens is 274 g/mol. The molecule has 0 atom stereocenters. The molecule has 0 bridgehead atoms. The molecular formula is C12H14ClNO3S. The van der Waals surface area contributed by atoms with Crippen LogP contribution in [0, 0.1) is 0 Å². The van der Waals surface area contributed by atoms with Crippen LogP contribution in [-0.2, 0) is 16.3 Å². The number of benzene rings is 1. The van der Waals surface area contributed by atoms with Gasteiger partial charge in [-0.25, -0.2) is 13.4 Å². The average molecular weight is 288 g/mol. The van der Waals surface area contributed by atoms with E-state index in [-0.39, 0.29) is 15.5 Å². The maximum Gasteiger partial charge on any atom is 0.195 e. The van der Waals surface area contributed by atoms with Gasteiger partial charge in [0.05, 0.1) is 5.02 Å². The zero-order valence-electron chi connectivity index (χ0n) is 10.2. The smallest absolute Gasteiger partial charge is 0.195 e. The molecule has 0 aliphatic rings. The van der Waals surface area contributed by atoms with Gasteiger partial charge in [0.1, 0.15) is 10.4 Å². The molecule has 0 unspecified atom stereocenters. The molecule has 0 radical (unpaired) electrons. The number of aryl methyl sites for hydroxylation is 1. The normalized spacial score (nSPS) is 12.2. The third-order valence-corrected chi connectivity index (χ3v) is 4.20. The first-order chi connectivity index (χ1) is 8.43. The highest BCUT2D eigenvalue weighted by Crippen LogP contribution is 2.31. The number of fused-ring (bicyclic) bond motifs is 1. The quantitative estimate of drug-likeness (QED) is 0.866.